The highest BCUT2D eigenvalue weighted by atomic mass is 127. The lowest BCUT2D eigenvalue weighted by molar-refractivity contribution is -0.128. The summed E-state index contributed by atoms with van der Waals surface area (Å²) in [5.74, 6) is 1.15. The monoisotopic (exact) mass is 492 g/mol. The largest absolute Gasteiger partial charge is 0.490 e. The molecule has 1 atom stereocenters. The Morgan fingerprint density at radius 2 is 2.11 bits per heavy atom. The molecule has 1 aromatic rings. The van der Waals surface area contributed by atoms with E-state index in [1.54, 1.807) is 32.1 Å². The molecule has 2 N–H and O–H groups in total. The average molecular weight is 492 g/mol. The van der Waals surface area contributed by atoms with Crippen molar-refractivity contribution in [2.45, 2.75) is 32.2 Å². The molecule has 0 saturated heterocycles. The molecular formula is C19H30FIN4O2. The number of carbonyl (C=O) groups excluding carboxylic acids is 1. The van der Waals surface area contributed by atoms with Gasteiger partial charge in [0.2, 0.25) is 5.91 Å². The maximum Gasteiger partial charge on any atom is 0.223 e. The summed E-state index contributed by atoms with van der Waals surface area (Å²) in [4.78, 5) is 17.3. The quantitative estimate of drug-likeness (QED) is 0.333. The van der Waals surface area contributed by atoms with Crippen LogP contribution in [0, 0.1) is 11.7 Å². The van der Waals surface area contributed by atoms with Crippen LogP contribution in [0.25, 0.3) is 0 Å². The summed E-state index contributed by atoms with van der Waals surface area (Å²) in [5.41, 5.74) is 0.800. The van der Waals surface area contributed by atoms with E-state index in [0.29, 0.717) is 37.2 Å². The summed E-state index contributed by atoms with van der Waals surface area (Å²) in [5, 5.41) is 6.29. The van der Waals surface area contributed by atoms with Crippen molar-refractivity contribution in [1.82, 2.24) is 15.5 Å². The van der Waals surface area contributed by atoms with E-state index in [0.717, 1.165) is 5.56 Å². The molecule has 1 fully saturated rings. The summed E-state index contributed by atoms with van der Waals surface area (Å²) in [6, 6.07) is 4.88. The maximum atomic E-state index is 14.2. The lowest BCUT2D eigenvalue weighted by Gasteiger charge is -2.19. The molecule has 1 unspecified atom stereocenters. The zero-order chi connectivity index (χ0) is 19.1. The van der Waals surface area contributed by atoms with Crippen LogP contribution in [-0.2, 0) is 4.79 Å². The summed E-state index contributed by atoms with van der Waals surface area (Å²) >= 11 is 0. The predicted octanol–water partition coefficient (Wildman–Crippen LogP) is 2.94. The van der Waals surface area contributed by atoms with E-state index < -0.39 is 0 Å². The molecule has 2 rings (SSSR count). The van der Waals surface area contributed by atoms with Crippen LogP contribution in [0.15, 0.2) is 23.2 Å². The number of nitrogens with zero attached hydrogens (tertiary/aromatic N) is 2. The van der Waals surface area contributed by atoms with Crippen molar-refractivity contribution in [3.05, 3.63) is 29.6 Å². The molecule has 0 aromatic heterocycles. The third-order valence-electron chi connectivity index (χ3n) is 4.33. The Morgan fingerprint density at radius 1 is 1.41 bits per heavy atom. The summed E-state index contributed by atoms with van der Waals surface area (Å²) in [7, 11) is 5.11. The fraction of sp³-hybridized carbons (Fsp3) is 0.579. The van der Waals surface area contributed by atoms with Gasteiger partial charge in [-0.15, -0.1) is 24.0 Å². The third-order valence-corrected chi connectivity index (χ3v) is 4.33. The van der Waals surface area contributed by atoms with Crippen molar-refractivity contribution in [3.8, 4) is 5.75 Å². The second-order valence-electron chi connectivity index (χ2n) is 6.85. The lowest BCUT2D eigenvalue weighted by atomic mass is 10.1. The third kappa shape index (κ3) is 7.90. The van der Waals surface area contributed by atoms with Gasteiger partial charge in [-0.05, 0) is 43.4 Å². The SMILES string of the molecule is CN=C(NCCC(=O)N(C)C)NC(C)c1ccc(OCC2CC2)c(F)c1.I. The zero-order valence-electron chi connectivity index (χ0n) is 16.4. The first kappa shape index (κ1) is 23.5. The van der Waals surface area contributed by atoms with Gasteiger partial charge in [0.1, 0.15) is 0 Å². The van der Waals surface area contributed by atoms with Crippen molar-refractivity contribution in [2.24, 2.45) is 10.9 Å². The van der Waals surface area contributed by atoms with Gasteiger partial charge in [0, 0.05) is 34.1 Å². The minimum absolute atomic E-state index is 0. The standard InChI is InChI=1S/C19H29FN4O2.HI/c1-13(23-19(21-2)22-10-9-18(25)24(3)4)15-7-8-17(16(20)11-15)26-12-14-5-6-14;/h7-8,11,13-14H,5-6,9-10,12H2,1-4H3,(H2,21,22,23);1H. The highest BCUT2D eigenvalue weighted by Crippen LogP contribution is 2.30. The molecule has 8 heteroatoms. The minimum Gasteiger partial charge on any atom is -0.490 e. The van der Waals surface area contributed by atoms with Crippen molar-refractivity contribution < 1.29 is 13.9 Å². The number of rotatable bonds is 8. The maximum absolute atomic E-state index is 14.2. The fourth-order valence-corrected chi connectivity index (χ4v) is 2.39. The summed E-state index contributed by atoms with van der Waals surface area (Å²) in [6.45, 7) is 3.00. The van der Waals surface area contributed by atoms with E-state index >= 15 is 0 Å². The molecule has 0 radical (unpaired) electrons. The van der Waals surface area contributed by atoms with Crippen LogP contribution in [0.3, 0.4) is 0 Å². The number of aliphatic imine (C=N–C) groups is 1. The minimum atomic E-state index is -0.351. The van der Waals surface area contributed by atoms with Crippen LogP contribution in [-0.4, -0.2) is 51.1 Å². The number of hydrogen-bond acceptors (Lipinski definition) is 3. The number of amides is 1. The van der Waals surface area contributed by atoms with Crippen LogP contribution in [0.4, 0.5) is 4.39 Å². The molecule has 1 aliphatic rings. The van der Waals surface area contributed by atoms with Gasteiger partial charge in [-0.2, -0.15) is 0 Å². The van der Waals surface area contributed by atoms with Gasteiger partial charge in [0.05, 0.1) is 12.6 Å². The van der Waals surface area contributed by atoms with Crippen LogP contribution < -0.4 is 15.4 Å². The second kappa shape index (κ2) is 11.3. The summed E-state index contributed by atoms with van der Waals surface area (Å²) in [6.07, 6.45) is 2.73. The molecule has 0 aliphatic heterocycles. The van der Waals surface area contributed by atoms with Gasteiger partial charge >= 0.3 is 0 Å². The highest BCUT2D eigenvalue weighted by Gasteiger charge is 2.22. The van der Waals surface area contributed by atoms with Gasteiger partial charge in [-0.3, -0.25) is 9.79 Å². The fourth-order valence-electron chi connectivity index (χ4n) is 2.39. The average Bonchev–Trinajstić information content (AvgIpc) is 3.43. The first-order valence-corrected chi connectivity index (χ1v) is 9.00. The van der Waals surface area contributed by atoms with E-state index in [2.05, 4.69) is 15.6 Å². The smallest absolute Gasteiger partial charge is 0.223 e. The van der Waals surface area contributed by atoms with E-state index in [1.807, 2.05) is 13.0 Å². The Bertz CT molecular complexity index is 651. The number of guanidine groups is 1. The van der Waals surface area contributed by atoms with E-state index in [-0.39, 0.29) is 41.7 Å². The van der Waals surface area contributed by atoms with Crippen molar-refractivity contribution >= 4 is 35.8 Å². The van der Waals surface area contributed by atoms with E-state index in [9.17, 15) is 9.18 Å². The number of benzene rings is 1. The molecule has 1 amide bonds. The molecule has 1 aliphatic carbocycles. The molecule has 1 aromatic carbocycles. The second-order valence-corrected chi connectivity index (χ2v) is 6.85. The number of carbonyl (C=O) groups is 1. The molecular weight excluding hydrogens is 462 g/mol. The highest BCUT2D eigenvalue weighted by molar-refractivity contribution is 14.0. The van der Waals surface area contributed by atoms with Crippen LogP contribution >= 0.6 is 24.0 Å². The number of nitrogens with one attached hydrogen (secondary N) is 2. The Labute approximate surface area is 178 Å². The van der Waals surface area contributed by atoms with Gasteiger partial charge in [0.15, 0.2) is 17.5 Å². The van der Waals surface area contributed by atoms with Gasteiger partial charge in [-0.25, -0.2) is 4.39 Å². The van der Waals surface area contributed by atoms with E-state index in [4.69, 9.17) is 4.74 Å². The first-order chi connectivity index (χ1) is 12.4. The van der Waals surface area contributed by atoms with Crippen LogP contribution in [0.1, 0.15) is 37.8 Å². The summed E-state index contributed by atoms with van der Waals surface area (Å²) < 4.78 is 19.8. The van der Waals surface area contributed by atoms with Crippen LogP contribution in [0.2, 0.25) is 0 Å². The molecule has 0 spiro atoms. The van der Waals surface area contributed by atoms with Crippen molar-refractivity contribution in [1.29, 1.82) is 0 Å². The Kier molecular flexibility index (Phi) is 9.82. The molecule has 6 nitrogen and oxygen atoms in total. The van der Waals surface area contributed by atoms with Gasteiger partial charge < -0.3 is 20.3 Å². The lowest BCUT2D eigenvalue weighted by Crippen LogP contribution is -2.40. The zero-order valence-corrected chi connectivity index (χ0v) is 18.7. The molecule has 27 heavy (non-hydrogen) atoms. The van der Waals surface area contributed by atoms with Crippen LogP contribution in [0.5, 0.6) is 5.75 Å². The van der Waals surface area contributed by atoms with Gasteiger partial charge in [-0.1, -0.05) is 6.07 Å². The first-order valence-electron chi connectivity index (χ1n) is 9.00. The topological polar surface area (TPSA) is 66.0 Å². The van der Waals surface area contributed by atoms with Gasteiger partial charge in [0.25, 0.3) is 0 Å². The molecule has 1 saturated carbocycles. The Morgan fingerprint density at radius 3 is 2.67 bits per heavy atom. The molecule has 0 bridgehead atoms. The van der Waals surface area contributed by atoms with E-state index in [1.165, 1.54) is 18.9 Å². The van der Waals surface area contributed by atoms with Crippen molar-refractivity contribution in [3.63, 3.8) is 0 Å². The Hall–Kier alpha value is -1.58. The number of ether oxygens (including phenoxy) is 1. The Balaban J connectivity index is 0.00000364. The number of hydrogen-bond donors (Lipinski definition) is 2. The normalized spacial score (nSPS) is 14.8. The number of halogens is 2. The molecule has 0 heterocycles. The molecule has 152 valence electrons. The predicted molar refractivity (Wildman–Crippen MR) is 116 cm³/mol. The van der Waals surface area contributed by atoms with Crippen molar-refractivity contribution in [2.75, 3.05) is 34.3 Å².